The van der Waals surface area contributed by atoms with Crippen LogP contribution in [0.15, 0.2) is 24.5 Å². The number of hydrogen-bond acceptors (Lipinski definition) is 5. The van der Waals surface area contributed by atoms with Crippen molar-refractivity contribution in [2.24, 2.45) is 0 Å². The molecule has 0 amide bonds. The van der Waals surface area contributed by atoms with Crippen molar-refractivity contribution in [1.29, 1.82) is 0 Å². The van der Waals surface area contributed by atoms with E-state index in [9.17, 15) is 4.39 Å². The summed E-state index contributed by atoms with van der Waals surface area (Å²) in [6.45, 7) is 0. The standard InChI is InChI=1S/C16H17FN6/c17-13-7-3-4-10(21-13)8-12-14-15(18)19-9-20-16(14)23(22-12)11-5-1-2-6-11/h3-4,7,9,11H,1-2,5-6,8H2,(H2,18,19,20). The molecule has 0 radical (unpaired) electrons. The number of fused-ring (bicyclic) bond motifs is 1. The highest BCUT2D eigenvalue weighted by Gasteiger charge is 2.24. The smallest absolute Gasteiger partial charge is 0.213 e. The molecule has 0 bridgehead atoms. The first-order valence-electron chi connectivity index (χ1n) is 7.81. The van der Waals surface area contributed by atoms with E-state index in [1.807, 2.05) is 4.68 Å². The Balaban J connectivity index is 1.82. The molecule has 0 saturated heterocycles. The Hall–Kier alpha value is -2.57. The second-order valence-corrected chi connectivity index (χ2v) is 5.92. The molecule has 1 fully saturated rings. The topological polar surface area (TPSA) is 82.5 Å². The Labute approximate surface area is 132 Å². The molecule has 0 atom stereocenters. The van der Waals surface area contributed by atoms with Gasteiger partial charge in [-0.15, -0.1) is 0 Å². The number of nitrogens with two attached hydrogens (primary N) is 1. The van der Waals surface area contributed by atoms with E-state index in [2.05, 4.69) is 15.0 Å². The predicted octanol–water partition coefficient (Wildman–Crippen LogP) is 2.65. The van der Waals surface area contributed by atoms with Gasteiger partial charge in [0.15, 0.2) is 5.65 Å². The van der Waals surface area contributed by atoms with Crippen LogP contribution >= 0.6 is 0 Å². The molecule has 6 nitrogen and oxygen atoms in total. The van der Waals surface area contributed by atoms with Crippen LogP contribution in [0, 0.1) is 5.95 Å². The molecule has 4 rings (SSSR count). The molecular weight excluding hydrogens is 295 g/mol. The van der Waals surface area contributed by atoms with E-state index in [1.165, 1.54) is 25.2 Å². The summed E-state index contributed by atoms with van der Waals surface area (Å²) in [5.41, 5.74) is 8.18. The first-order chi connectivity index (χ1) is 11.2. The van der Waals surface area contributed by atoms with Gasteiger partial charge in [-0.2, -0.15) is 9.49 Å². The molecule has 118 valence electrons. The normalized spacial score (nSPS) is 15.5. The van der Waals surface area contributed by atoms with Crippen LogP contribution in [-0.4, -0.2) is 24.7 Å². The number of anilines is 1. The van der Waals surface area contributed by atoms with E-state index in [1.54, 1.807) is 12.1 Å². The van der Waals surface area contributed by atoms with Crippen molar-refractivity contribution < 1.29 is 4.39 Å². The van der Waals surface area contributed by atoms with Crippen molar-refractivity contribution in [3.05, 3.63) is 41.9 Å². The average molecular weight is 312 g/mol. The number of aromatic nitrogens is 5. The molecule has 2 N–H and O–H groups in total. The molecule has 1 aliphatic carbocycles. The van der Waals surface area contributed by atoms with Crippen molar-refractivity contribution in [3.63, 3.8) is 0 Å². The van der Waals surface area contributed by atoms with E-state index in [4.69, 9.17) is 10.8 Å². The summed E-state index contributed by atoms with van der Waals surface area (Å²) in [5.74, 6) is -0.0862. The van der Waals surface area contributed by atoms with Crippen LogP contribution in [-0.2, 0) is 6.42 Å². The van der Waals surface area contributed by atoms with Crippen LogP contribution in [0.5, 0.6) is 0 Å². The van der Waals surface area contributed by atoms with E-state index in [-0.39, 0.29) is 0 Å². The fourth-order valence-electron chi connectivity index (χ4n) is 3.31. The summed E-state index contributed by atoms with van der Waals surface area (Å²) >= 11 is 0. The lowest BCUT2D eigenvalue weighted by Crippen LogP contribution is -2.08. The monoisotopic (exact) mass is 312 g/mol. The Morgan fingerprint density at radius 2 is 2.04 bits per heavy atom. The Morgan fingerprint density at radius 3 is 2.83 bits per heavy atom. The average Bonchev–Trinajstić information content (AvgIpc) is 3.16. The molecule has 7 heteroatoms. The zero-order chi connectivity index (χ0) is 15.8. The molecule has 0 spiro atoms. The summed E-state index contributed by atoms with van der Waals surface area (Å²) in [4.78, 5) is 12.4. The lowest BCUT2D eigenvalue weighted by atomic mass is 10.1. The van der Waals surface area contributed by atoms with Gasteiger partial charge in [0.2, 0.25) is 5.95 Å². The molecule has 3 aromatic heterocycles. The SMILES string of the molecule is Nc1ncnc2c1c(Cc1cccc(F)n1)nn2C1CCCC1. The number of pyridine rings is 1. The van der Waals surface area contributed by atoms with Gasteiger partial charge in [-0.3, -0.25) is 0 Å². The Bertz CT molecular complexity index is 853. The summed E-state index contributed by atoms with van der Waals surface area (Å²) < 4.78 is 15.3. The van der Waals surface area contributed by atoms with Crippen LogP contribution in [0.2, 0.25) is 0 Å². The van der Waals surface area contributed by atoms with E-state index >= 15 is 0 Å². The molecular formula is C16H17FN6. The van der Waals surface area contributed by atoms with Gasteiger partial charge in [0.05, 0.1) is 17.1 Å². The second-order valence-electron chi connectivity index (χ2n) is 5.92. The fourth-order valence-corrected chi connectivity index (χ4v) is 3.31. The molecule has 1 saturated carbocycles. The minimum atomic E-state index is -0.494. The molecule has 1 aliphatic rings. The zero-order valence-corrected chi connectivity index (χ0v) is 12.6. The quantitative estimate of drug-likeness (QED) is 0.752. The Kier molecular flexibility index (Phi) is 3.40. The number of rotatable bonds is 3. The zero-order valence-electron chi connectivity index (χ0n) is 12.6. The van der Waals surface area contributed by atoms with Crippen LogP contribution < -0.4 is 5.73 Å². The Morgan fingerprint density at radius 1 is 1.22 bits per heavy atom. The number of nitrogens with zero attached hydrogens (tertiary/aromatic N) is 5. The van der Waals surface area contributed by atoms with E-state index < -0.39 is 5.95 Å². The third kappa shape index (κ3) is 2.52. The van der Waals surface area contributed by atoms with Gasteiger partial charge in [-0.25, -0.2) is 19.6 Å². The van der Waals surface area contributed by atoms with Crippen LogP contribution in [0.4, 0.5) is 10.2 Å². The van der Waals surface area contributed by atoms with Crippen LogP contribution in [0.3, 0.4) is 0 Å². The maximum Gasteiger partial charge on any atom is 0.213 e. The highest BCUT2D eigenvalue weighted by molar-refractivity contribution is 5.88. The third-order valence-electron chi connectivity index (χ3n) is 4.38. The summed E-state index contributed by atoms with van der Waals surface area (Å²) in [5, 5.41) is 5.48. The second kappa shape index (κ2) is 5.57. The maximum absolute atomic E-state index is 13.3. The van der Waals surface area contributed by atoms with Gasteiger partial charge < -0.3 is 5.73 Å². The first kappa shape index (κ1) is 14.0. The van der Waals surface area contributed by atoms with Crippen molar-refractivity contribution in [2.75, 3.05) is 5.73 Å². The van der Waals surface area contributed by atoms with Gasteiger partial charge in [-0.05, 0) is 25.0 Å². The van der Waals surface area contributed by atoms with E-state index in [0.717, 1.165) is 29.6 Å². The molecule has 3 heterocycles. The minimum absolute atomic E-state index is 0.348. The minimum Gasteiger partial charge on any atom is -0.383 e. The van der Waals surface area contributed by atoms with Gasteiger partial charge >= 0.3 is 0 Å². The number of halogens is 1. The summed E-state index contributed by atoms with van der Waals surface area (Å²) in [6, 6.07) is 5.11. The number of hydrogen-bond donors (Lipinski definition) is 1. The summed E-state index contributed by atoms with van der Waals surface area (Å²) in [6.07, 6.45) is 6.47. The molecule has 23 heavy (non-hydrogen) atoms. The van der Waals surface area contributed by atoms with Gasteiger partial charge in [0.1, 0.15) is 12.1 Å². The largest absolute Gasteiger partial charge is 0.383 e. The highest BCUT2D eigenvalue weighted by atomic mass is 19.1. The third-order valence-corrected chi connectivity index (χ3v) is 4.38. The lowest BCUT2D eigenvalue weighted by molar-refractivity contribution is 0.474. The predicted molar refractivity (Wildman–Crippen MR) is 84.2 cm³/mol. The van der Waals surface area contributed by atoms with E-state index in [0.29, 0.717) is 24.0 Å². The maximum atomic E-state index is 13.3. The van der Waals surface area contributed by atoms with Gasteiger partial charge in [-0.1, -0.05) is 18.9 Å². The summed E-state index contributed by atoms with van der Waals surface area (Å²) in [7, 11) is 0. The molecule has 0 unspecified atom stereocenters. The molecule has 3 aromatic rings. The van der Waals surface area contributed by atoms with Crippen LogP contribution in [0.25, 0.3) is 11.0 Å². The number of nitrogen functional groups attached to an aromatic ring is 1. The van der Waals surface area contributed by atoms with Crippen molar-refractivity contribution in [1.82, 2.24) is 24.7 Å². The van der Waals surface area contributed by atoms with Gasteiger partial charge in [0.25, 0.3) is 0 Å². The highest BCUT2D eigenvalue weighted by Crippen LogP contribution is 2.33. The van der Waals surface area contributed by atoms with Crippen molar-refractivity contribution in [3.8, 4) is 0 Å². The molecule has 0 aliphatic heterocycles. The lowest BCUT2D eigenvalue weighted by Gasteiger charge is -2.10. The van der Waals surface area contributed by atoms with Crippen molar-refractivity contribution in [2.45, 2.75) is 38.1 Å². The molecule has 0 aromatic carbocycles. The van der Waals surface area contributed by atoms with Gasteiger partial charge in [0, 0.05) is 12.1 Å². The van der Waals surface area contributed by atoms with Crippen molar-refractivity contribution >= 4 is 16.9 Å². The fraction of sp³-hybridized carbons (Fsp3) is 0.375. The first-order valence-corrected chi connectivity index (χ1v) is 7.81. The van der Waals surface area contributed by atoms with Crippen LogP contribution in [0.1, 0.15) is 43.1 Å².